The Labute approximate surface area is 193 Å². The Bertz CT molecular complexity index is 1000. The summed E-state index contributed by atoms with van der Waals surface area (Å²) in [6.07, 6.45) is 7.70. The predicted octanol–water partition coefficient (Wildman–Crippen LogP) is 4.75. The van der Waals surface area contributed by atoms with E-state index in [-0.39, 0.29) is 11.5 Å². The number of nitrogens with one attached hydrogen (secondary N) is 1. The number of benzene rings is 1. The first kappa shape index (κ1) is 23.6. The minimum atomic E-state index is -1.11. The summed E-state index contributed by atoms with van der Waals surface area (Å²) in [7, 11) is 1.55. The van der Waals surface area contributed by atoms with Gasteiger partial charge >= 0.3 is 5.97 Å². The van der Waals surface area contributed by atoms with Crippen molar-refractivity contribution in [2.75, 3.05) is 7.11 Å². The van der Waals surface area contributed by atoms with Gasteiger partial charge < -0.3 is 15.6 Å². The summed E-state index contributed by atoms with van der Waals surface area (Å²) in [5, 5.41) is 14.3. The van der Waals surface area contributed by atoms with Crippen molar-refractivity contribution in [3.8, 4) is 5.75 Å². The second kappa shape index (κ2) is 8.85. The summed E-state index contributed by atoms with van der Waals surface area (Å²) in [5.41, 5.74) is 10.4. The van der Waals surface area contributed by atoms with Crippen LogP contribution in [0.2, 0.25) is 5.02 Å². The van der Waals surface area contributed by atoms with Gasteiger partial charge in [0.15, 0.2) is 0 Å². The third-order valence-electron chi connectivity index (χ3n) is 5.78. The highest BCUT2D eigenvalue weighted by molar-refractivity contribution is 6.31. The van der Waals surface area contributed by atoms with E-state index >= 15 is 0 Å². The first-order valence-corrected chi connectivity index (χ1v) is 10.8. The largest absolute Gasteiger partial charge is 0.496 e. The molecule has 0 bridgehead atoms. The number of ether oxygens (including phenoxy) is 1. The fourth-order valence-corrected chi connectivity index (χ4v) is 4.91. The van der Waals surface area contributed by atoms with Crippen LogP contribution in [-0.4, -0.2) is 30.3 Å². The number of rotatable bonds is 5. The zero-order valence-corrected chi connectivity index (χ0v) is 19.6. The predicted molar refractivity (Wildman–Crippen MR) is 124 cm³/mol. The number of methoxy groups -OCH3 is 1. The number of halogens is 2. The van der Waals surface area contributed by atoms with Gasteiger partial charge in [-0.25, -0.2) is 0 Å². The number of aliphatic carboxylic acids is 1. The molecule has 31 heavy (non-hydrogen) atoms. The molecule has 5 nitrogen and oxygen atoms in total. The Morgan fingerprint density at radius 3 is 2.68 bits per heavy atom. The lowest BCUT2D eigenvalue weighted by Crippen LogP contribution is -2.53. The standard InChI is InChI=1S/C24H28Cl2N2O3/c1-23(2,3)13-19-24(27,17-10-9-16(26)12-18(17)31-4)20(21(28-19)22(29)30)14-7-5-6-8-15(25)11-14/h5-7,9-12,19-21,28H,13,27H2,1-4H3,(H,29,30). The number of carbonyl (C=O) groups is 1. The number of hydrogen-bond acceptors (Lipinski definition) is 4. The normalized spacial score (nSPS) is 28.2. The summed E-state index contributed by atoms with van der Waals surface area (Å²) in [6.45, 7) is 6.31. The Hall–Kier alpha value is -2.01. The lowest BCUT2D eigenvalue weighted by molar-refractivity contribution is -0.140. The highest BCUT2D eigenvalue weighted by Gasteiger charge is 2.58. The van der Waals surface area contributed by atoms with Crippen LogP contribution in [0.25, 0.3) is 0 Å². The average Bonchev–Trinajstić information content (AvgIpc) is 2.81. The van der Waals surface area contributed by atoms with Gasteiger partial charge in [0.05, 0.1) is 17.7 Å². The van der Waals surface area contributed by atoms with E-state index in [1.54, 1.807) is 37.5 Å². The van der Waals surface area contributed by atoms with Gasteiger partial charge in [0.2, 0.25) is 0 Å². The number of hydrogen-bond donors (Lipinski definition) is 3. The maximum Gasteiger partial charge on any atom is 0.321 e. The molecule has 0 spiro atoms. The molecule has 7 heteroatoms. The molecule has 0 radical (unpaired) electrons. The molecule has 1 aromatic rings. The van der Waals surface area contributed by atoms with Gasteiger partial charge in [0.25, 0.3) is 0 Å². The van der Waals surface area contributed by atoms with Crippen LogP contribution in [0.1, 0.15) is 32.8 Å². The summed E-state index contributed by atoms with van der Waals surface area (Å²) >= 11 is 12.5. The highest BCUT2D eigenvalue weighted by atomic mass is 35.5. The summed E-state index contributed by atoms with van der Waals surface area (Å²) in [6, 6.07) is 4.01. The molecule has 0 saturated carbocycles. The molecule has 166 valence electrons. The molecule has 3 rings (SSSR count). The first-order chi connectivity index (χ1) is 14.5. The molecule has 1 heterocycles. The van der Waals surface area contributed by atoms with Gasteiger partial charge in [0, 0.05) is 22.5 Å². The maximum atomic E-state index is 12.4. The quantitative estimate of drug-likeness (QED) is 0.549. The van der Waals surface area contributed by atoms with Crippen molar-refractivity contribution in [1.82, 2.24) is 5.32 Å². The van der Waals surface area contributed by atoms with Crippen LogP contribution >= 0.6 is 23.2 Å². The van der Waals surface area contributed by atoms with Crippen LogP contribution in [0, 0.1) is 11.3 Å². The topological polar surface area (TPSA) is 84.6 Å². The molecule has 4 unspecified atom stereocenters. The minimum absolute atomic E-state index is 0.104. The third kappa shape index (κ3) is 4.77. The Kier molecular flexibility index (Phi) is 6.75. The van der Waals surface area contributed by atoms with E-state index in [1.165, 1.54) is 0 Å². The molecular formula is C24H28Cl2N2O3. The van der Waals surface area contributed by atoms with Crippen LogP contribution in [0.4, 0.5) is 0 Å². The number of allylic oxidation sites excluding steroid dienone is 4. The van der Waals surface area contributed by atoms with Gasteiger partial charge in [-0.3, -0.25) is 10.1 Å². The molecule has 1 fully saturated rings. The van der Waals surface area contributed by atoms with E-state index in [4.69, 9.17) is 33.7 Å². The molecule has 4 atom stereocenters. The van der Waals surface area contributed by atoms with Crippen molar-refractivity contribution in [3.63, 3.8) is 0 Å². The first-order valence-electron chi connectivity index (χ1n) is 10.1. The van der Waals surface area contributed by atoms with Crippen molar-refractivity contribution in [1.29, 1.82) is 0 Å². The van der Waals surface area contributed by atoms with Crippen LogP contribution < -0.4 is 15.8 Å². The number of carboxylic acid groups (broad SMARTS) is 1. The van der Waals surface area contributed by atoms with Crippen molar-refractivity contribution in [2.24, 2.45) is 17.1 Å². The van der Waals surface area contributed by atoms with Crippen LogP contribution in [-0.2, 0) is 10.3 Å². The fraction of sp³-hybridized carbons (Fsp3) is 0.417. The Balaban J connectivity index is 2.28. The monoisotopic (exact) mass is 462 g/mol. The lowest BCUT2D eigenvalue weighted by atomic mass is 9.68. The molecule has 1 saturated heterocycles. The molecule has 0 aromatic heterocycles. The molecule has 2 aliphatic rings. The van der Waals surface area contributed by atoms with Gasteiger partial charge in [-0.2, -0.15) is 0 Å². The van der Waals surface area contributed by atoms with Crippen molar-refractivity contribution < 1.29 is 14.6 Å². The van der Waals surface area contributed by atoms with Crippen LogP contribution in [0.15, 0.2) is 58.8 Å². The fourth-order valence-electron chi connectivity index (χ4n) is 4.56. The molecule has 0 amide bonds. The average molecular weight is 463 g/mol. The zero-order valence-electron chi connectivity index (χ0n) is 18.1. The third-order valence-corrected chi connectivity index (χ3v) is 6.23. The van der Waals surface area contributed by atoms with Crippen molar-refractivity contribution >= 4 is 29.2 Å². The van der Waals surface area contributed by atoms with Crippen LogP contribution in [0.3, 0.4) is 0 Å². The summed E-state index contributed by atoms with van der Waals surface area (Å²) < 4.78 is 5.63. The van der Waals surface area contributed by atoms with E-state index in [0.29, 0.717) is 33.4 Å². The second-order valence-corrected chi connectivity index (χ2v) is 10.1. The van der Waals surface area contributed by atoms with Crippen molar-refractivity contribution in [3.05, 3.63) is 69.4 Å². The van der Waals surface area contributed by atoms with Gasteiger partial charge in [-0.05, 0) is 41.7 Å². The molecule has 1 aliphatic heterocycles. The summed E-state index contributed by atoms with van der Waals surface area (Å²) in [4.78, 5) is 12.4. The Morgan fingerprint density at radius 2 is 2.06 bits per heavy atom. The number of nitrogens with two attached hydrogens (primary N) is 1. The summed E-state index contributed by atoms with van der Waals surface area (Å²) in [5.74, 6) is -1.08. The smallest absolute Gasteiger partial charge is 0.321 e. The Morgan fingerprint density at radius 1 is 1.35 bits per heavy atom. The van der Waals surface area contributed by atoms with Crippen LogP contribution in [0.5, 0.6) is 5.75 Å². The SMILES string of the molecule is COc1cc(Cl)ccc1C1(N)C(CC(C)(C)C)NC(C(=O)O)C1C1=CC(Cl)=C=CC=C1. The van der Waals surface area contributed by atoms with Gasteiger partial charge in [-0.15, -0.1) is 5.73 Å². The van der Waals surface area contributed by atoms with Gasteiger partial charge in [0.1, 0.15) is 11.8 Å². The molecule has 1 aliphatic carbocycles. The maximum absolute atomic E-state index is 12.4. The highest BCUT2D eigenvalue weighted by Crippen LogP contribution is 2.49. The van der Waals surface area contributed by atoms with E-state index in [0.717, 1.165) is 0 Å². The van der Waals surface area contributed by atoms with Gasteiger partial charge in [-0.1, -0.05) is 62.2 Å². The van der Waals surface area contributed by atoms with Crippen molar-refractivity contribution in [2.45, 2.75) is 44.8 Å². The molecular weight excluding hydrogens is 435 g/mol. The van der Waals surface area contributed by atoms with E-state index < -0.39 is 23.5 Å². The zero-order chi connectivity index (χ0) is 23.0. The van der Waals surface area contributed by atoms with E-state index in [2.05, 4.69) is 31.8 Å². The minimum Gasteiger partial charge on any atom is -0.496 e. The second-order valence-electron chi connectivity index (χ2n) is 9.22. The molecule has 4 N–H and O–H groups in total. The van der Waals surface area contributed by atoms with E-state index in [1.807, 2.05) is 12.1 Å². The number of carboxylic acids is 1. The van der Waals surface area contributed by atoms with E-state index in [9.17, 15) is 9.90 Å². The molecule has 1 aromatic carbocycles. The lowest BCUT2D eigenvalue weighted by Gasteiger charge is -2.40.